The number of amides is 1. The van der Waals surface area contributed by atoms with Crippen LogP contribution in [-0.2, 0) is 0 Å². The van der Waals surface area contributed by atoms with E-state index in [1.165, 1.54) is 19.3 Å². The Morgan fingerprint density at radius 2 is 1.88 bits per heavy atom. The lowest BCUT2D eigenvalue weighted by Gasteiger charge is -2.05. The highest BCUT2D eigenvalue weighted by molar-refractivity contribution is 5.80. The molecule has 0 radical (unpaired) electrons. The molecule has 3 aromatic rings. The first-order valence-electron chi connectivity index (χ1n) is 7.67. The number of fused-ring (bicyclic) bond motifs is 1. The minimum Gasteiger partial charge on any atom is -0.497 e. The van der Waals surface area contributed by atoms with E-state index >= 15 is 0 Å². The number of hydrogen-bond donors (Lipinski definition) is 2. The molecule has 0 bridgehead atoms. The van der Waals surface area contributed by atoms with Gasteiger partial charge in [-0.25, -0.2) is 9.31 Å². The number of rotatable bonds is 3. The molecule has 4 rings (SSSR count). The number of carboxylic acid groups (broad SMARTS) is 1. The molecule has 124 valence electrons. The average molecular weight is 326 g/mol. The first kappa shape index (κ1) is 15.8. The molecule has 1 aliphatic carbocycles. The van der Waals surface area contributed by atoms with Crippen LogP contribution in [0.4, 0.5) is 10.7 Å². The third kappa shape index (κ3) is 3.81. The van der Waals surface area contributed by atoms with E-state index < -0.39 is 6.09 Å². The first-order chi connectivity index (χ1) is 11.7. The Morgan fingerprint density at radius 3 is 2.46 bits per heavy atom. The van der Waals surface area contributed by atoms with Crippen molar-refractivity contribution in [3.63, 3.8) is 0 Å². The molecule has 0 unspecified atom stereocenters. The zero-order chi connectivity index (χ0) is 16.9. The first-order valence-corrected chi connectivity index (χ1v) is 7.67. The number of pyridine rings is 1. The lowest BCUT2D eigenvalue weighted by atomic mass is 10.1. The van der Waals surface area contributed by atoms with Gasteiger partial charge in [-0.3, -0.25) is 5.32 Å². The molecule has 0 spiro atoms. The van der Waals surface area contributed by atoms with Crippen molar-refractivity contribution in [3.05, 3.63) is 42.5 Å². The van der Waals surface area contributed by atoms with Crippen LogP contribution in [0.15, 0.2) is 42.5 Å². The second-order valence-corrected chi connectivity index (χ2v) is 5.34. The molecule has 0 atom stereocenters. The highest BCUT2D eigenvalue weighted by Gasteiger charge is 2.10. The maximum Gasteiger partial charge on any atom is 0.411 e. The number of ether oxygens (including phenoxy) is 1. The maximum absolute atomic E-state index is 10.7. The molecule has 2 heterocycles. The minimum atomic E-state index is -1.20. The minimum absolute atomic E-state index is 0.0449. The molecule has 1 aromatic carbocycles. The quantitative estimate of drug-likeness (QED) is 0.766. The highest BCUT2D eigenvalue weighted by Crippen LogP contribution is 2.23. The molecule has 7 heteroatoms. The molecule has 2 N–H and O–H groups in total. The van der Waals surface area contributed by atoms with Gasteiger partial charge in [-0.1, -0.05) is 25.3 Å². The van der Waals surface area contributed by atoms with Gasteiger partial charge < -0.3 is 9.84 Å². The Balaban J connectivity index is 0.000000508. The summed E-state index contributed by atoms with van der Waals surface area (Å²) in [5.74, 6) is 0.807. The van der Waals surface area contributed by atoms with Crippen molar-refractivity contribution in [2.45, 2.75) is 19.3 Å². The summed E-state index contributed by atoms with van der Waals surface area (Å²) >= 11 is 0. The van der Waals surface area contributed by atoms with Crippen molar-refractivity contribution in [1.29, 1.82) is 0 Å². The monoisotopic (exact) mass is 326 g/mol. The lowest BCUT2D eigenvalue weighted by Crippen LogP contribution is -2.08. The molecule has 2 aromatic heterocycles. The summed E-state index contributed by atoms with van der Waals surface area (Å²) in [5, 5.41) is 15.0. The van der Waals surface area contributed by atoms with Crippen LogP contribution < -0.4 is 10.1 Å². The number of nitrogens with zero attached hydrogens (tertiary/aromatic N) is 3. The smallest absolute Gasteiger partial charge is 0.411 e. The lowest BCUT2D eigenvalue weighted by molar-refractivity contribution is 0.209. The van der Waals surface area contributed by atoms with Crippen molar-refractivity contribution in [2.24, 2.45) is 0 Å². The number of anilines is 1. The van der Waals surface area contributed by atoms with E-state index in [1.807, 2.05) is 36.4 Å². The van der Waals surface area contributed by atoms with Crippen molar-refractivity contribution >= 4 is 17.7 Å². The summed E-state index contributed by atoms with van der Waals surface area (Å²) in [6.45, 7) is 0. The molecule has 0 saturated heterocycles. The molecule has 24 heavy (non-hydrogen) atoms. The van der Waals surface area contributed by atoms with Crippen LogP contribution in [0.3, 0.4) is 0 Å². The standard InChI is InChI=1S/C14H12N4O3.C3H6/c1-21-10-7-5-9(6-8-10)11-3-2-4-12-15-13(16-14(19)20)17-18(11)12;1-2-3-1/h2-8H,1H3,(H,16,17)(H,19,20);1-3H2. The largest absolute Gasteiger partial charge is 0.497 e. The molecule has 1 amide bonds. The topological polar surface area (TPSA) is 88.8 Å². The molecule has 1 fully saturated rings. The summed E-state index contributed by atoms with van der Waals surface area (Å²) in [6, 6.07) is 13.0. The molecule has 1 aliphatic rings. The number of nitrogens with one attached hydrogen (secondary N) is 1. The molecule has 0 aliphatic heterocycles. The van der Waals surface area contributed by atoms with Crippen LogP contribution in [-0.4, -0.2) is 32.9 Å². The van der Waals surface area contributed by atoms with Gasteiger partial charge >= 0.3 is 6.09 Å². The van der Waals surface area contributed by atoms with Crippen molar-refractivity contribution in [2.75, 3.05) is 12.4 Å². The van der Waals surface area contributed by atoms with Crippen LogP contribution in [0.1, 0.15) is 19.3 Å². The van der Waals surface area contributed by atoms with Gasteiger partial charge in [0, 0.05) is 5.56 Å². The molecular formula is C17H18N4O3. The summed E-state index contributed by atoms with van der Waals surface area (Å²) in [6.07, 6.45) is 3.30. The zero-order valence-electron chi connectivity index (χ0n) is 13.3. The van der Waals surface area contributed by atoms with Crippen LogP contribution >= 0.6 is 0 Å². The van der Waals surface area contributed by atoms with Gasteiger partial charge in [0.1, 0.15) is 5.75 Å². The van der Waals surface area contributed by atoms with Crippen molar-refractivity contribution < 1.29 is 14.6 Å². The number of methoxy groups -OCH3 is 1. The van der Waals surface area contributed by atoms with E-state index in [0.29, 0.717) is 5.65 Å². The number of hydrogen-bond acceptors (Lipinski definition) is 4. The van der Waals surface area contributed by atoms with Crippen molar-refractivity contribution in [1.82, 2.24) is 14.6 Å². The molecular weight excluding hydrogens is 308 g/mol. The van der Waals surface area contributed by atoms with Crippen molar-refractivity contribution in [3.8, 4) is 17.0 Å². The van der Waals surface area contributed by atoms with Gasteiger partial charge in [0.2, 0.25) is 0 Å². The second kappa shape index (κ2) is 6.99. The Morgan fingerprint density at radius 1 is 1.17 bits per heavy atom. The maximum atomic E-state index is 10.7. The average Bonchev–Trinajstić information content (AvgIpc) is 3.41. The summed E-state index contributed by atoms with van der Waals surface area (Å²) in [7, 11) is 1.61. The zero-order valence-corrected chi connectivity index (χ0v) is 13.3. The van der Waals surface area contributed by atoms with Gasteiger partial charge in [0.15, 0.2) is 5.65 Å². The predicted molar refractivity (Wildman–Crippen MR) is 90.5 cm³/mol. The Hall–Kier alpha value is -3.09. The van der Waals surface area contributed by atoms with E-state index in [0.717, 1.165) is 17.0 Å². The molecule has 7 nitrogen and oxygen atoms in total. The fraction of sp³-hybridized carbons (Fsp3) is 0.235. The van der Waals surface area contributed by atoms with E-state index in [-0.39, 0.29) is 5.95 Å². The van der Waals surface area contributed by atoms with Crippen LogP contribution in [0, 0.1) is 0 Å². The van der Waals surface area contributed by atoms with Gasteiger partial charge in [0.05, 0.1) is 12.8 Å². The number of aromatic nitrogens is 3. The summed E-state index contributed by atoms with van der Waals surface area (Å²) in [5.41, 5.74) is 2.29. The molecule has 1 saturated carbocycles. The number of benzene rings is 1. The fourth-order valence-corrected chi connectivity index (χ4v) is 2.03. The highest BCUT2D eigenvalue weighted by atomic mass is 16.5. The van der Waals surface area contributed by atoms with E-state index in [9.17, 15) is 4.79 Å². The SMILES string of the molecule is C1CC1.COc1ccc(-c2cccc3nc(NC(=O)O)nn23)cc1. The summed E-state index contributed by atoms with van der Waals surface area (Å²) in [4.78, 5) is 14.8. The second-order valence-electron chi connectivity index (χ2n) is 5.34. The summed E-state index contributed by atoms with van der Waals surface area (Å²) < 4.78 is 6.72. The van der Waals surface area contributed by atoms with E-state index in [1.54, 1.807) is 17.7 Å². The predicted octanol–water partition coefficient (Wildman–Crippen LogP) is 3.67. The van der Waals surface area contributed by atoms with Gasteiger partial charge in [-0.2, -0.15) is 4.98 Å². The van der Waals surface area contributed by atoms with Crippen LogP contribution in [0.25, 0.3) is 16.9 Å². The number of carbonyl (C=O) groups is 1. The Bertz CT molecular complexity index is 838. The third-order valence-electron chi connectivity index (χ3n) is 3.32. The van der Waals surface area contributed by atoms with Crippen LogP contribution in [0.2, 0.25) is 0 Å². The Labute approximate surface area is 138 Å². The third-order valence-corrected chi connectivity index (χ3v) is 3.32. The van der Waals surface area contributed by atoms with E-state index in [2.05, 4.69) is 15.4 Å². The fourth-order valence-electron chi connectivity index (χ4n) is 2.03. The normalized spacial score (nSPS) is 12.2. The Kier molecular flexibility index (Phi) is 4.60. The van der Waals surface area contributed by atoms with Crippen LogP contribution in [0.5, 0.6) is 5.75 Å². The van der Waals surface area contributed by atoms with Gasteiger partial charge in [0.25, 0.3) is 5.95 Å². The van der Waals surface area contributed by atoms with Gasteiger partial charge in [-0.05, 0) is 36.4 Å². The van der Waals surface area contributed by atoms with E-state index in [4.69, 9.17) is 9.84 Å². The van der Waals surface area contributed by atoms with Gasteiger partial charge in [-0.15, -0.1) is 5.10 Å².